The number of nitrogens with zero attached hydrogens (tertiary/aromatic N) is 2. The van der Waals surface area contributed by atoms with Gasteiger partial charge in [-0.15, -0.1) is 0 Å². The Morgan fingerprint density at radius 2 is 2.28 bits per heavy atom. The molecule has 3 N–H and O–H groups in total. The van der Waals surface area contributed by atoms with Gasteiger partial charge in [-0.25, -0.2) is 0 Å². The maximum Gasteiger partial charge on any atom is 0.233 e. The minimum Gasteiger partial charge on any atom is -0.409 e. The van der Waals surface area contributed by atoms with Crippen molar-refractivity contribution in [3.8, 4) is 0 Å². The van der Waals surface area contributed by atoms with E-state index in [1.165, 1.54) is 0 Å². The Kier molecular flexibility index (Phi) is 5.40. The van der Waals surface area contributed by atoms with Gasteiger partial charge in [0.1, 0.15) is 5.92 Å². The second-order valence-corrected chi connectivity index (χ2v) is 5.10. The number of oxime groups is 1. The van der Waals surface area contributed by atoms with Crippen LogP contribution in [0.3, 0.4) is 0 Å². The highest BCUT2D eigenvalue weighted by Crippen LogP contribution is 2.17. The van der Waals surface area contributed by atoms with Gasteiger partial charge in [-0.05, 0) is 18.8 Å². The van der Waals surface area contributed by atoms with Crippen molar-refractivity contribution in [3.05, 3.63) is 0 Å². The number of hydrogen-bond acceptors (Lipinski definition) is 4. The Morgan fingerprint density at radius 3 is 2.72 bits per heavy atom. The molecular formula is C12H23N3O3. The van der Waals surface area contributed by atoms with Crippen LogP contribution in [-0.4, -0.2) is 48.2 Å². The first-order valence-electron chi connectivity index (χ1n) is 6.31. The van der Waals surface area contributed by atoms with E-state index in [0.717, 1.165) is 19.4 Å². The van der Waals surface area contributed by atoms with Gasteiger partial charge >= 0.3 is 0 Å². The molecule has 1 fully saturated rings. The molecule has 1 amide bonds. The van der Waals surface area contributed by atoms with Crippen molar-refractivity contribution in [2.45, 2.75) is 32.8 Å². The van der Waals surface area contributed by atoms with Crippen LogP contribution in [0.1, 0.15) is 26.7 Å². The van der Waals surface area contributed by atoms with Crippen molar-refractivity contribution in [3.63, 3.8) is 0 Å². The molecule has 0 saturated carbocycles. The van der Waals surface area contributed by atoms with Crippen LogP contribution in [0.25, 0.3) is 0 Å². The van der Waals surface area contributed by atoms with E-state index in [4.69, 9.17) is 15.7 Å². The molecule has 1 aliphatic heterocycles. The first kappa shape index (κ1) is 14.8. The molecule has 0 radical (unpaired) electrons. The molecule has 0 spiro atoms. The number of ether oxygens (including phenoxy) is 1. The maximum atomic E-state index is 12.3. The van der Waals surface area contributed by atoms with Crippen LogP contribution >= 0.6 is 0 Å². The van der Waals surface area contributed by atoms with Crippen LogP contribution in [0.15, 0.2) is 5.16 Å². The zero-order valence-corrected chi connectivity index (χ0v) is 11.3. The Labute approximate surface area is 108 Å². The molecule has 18 heavy (non-hydrogen) atoms. The average Bonchev–Trinajstić information content (AvgIpc) is 2.81. The lowest BCUT2D eigenvalue weighted by Gasteiger charge is -2.27. The fourth-order valence-electron chi connectivity index (χ4n) is 2.24. The fourth-order valence-corrected chi connectivity index (χ4v) is 2.24. The minimum atomic E-state index is -0.582. The fraction of sp³-hybridized carbons (Fsp3) is 0.833. The molecule has 0 aromatic heterocycles. The number of likely N-dealkylation sites (N-methyl/N-ethyl adjacent to an activating group) is 1. The molecule has 1 aliphatic rings. The summed E-state index contributed by atoms with van der Waals surface area (Å²) in [6.45, 7) is 5.07. The van der Waals surface area contributed by atoms with Crippen molar-refractivity contribution in [2.75, 3.05) is 20.2 Å². The van der Waals surface area contributed by atoms with Gasteiger partial charge in [-0.1, -0.05) is 19.0 Å². The van der Waals surface area contributed by atoms with Crippen LogP contribution in [0, 0.1) is 11.8 Å². The number of carbonyl (C=O) groups excluding carboxylic acids is 1. The maximum absolute atomic E-state index is 12.3. The predicted molar refractivity (Wildman–Crippen MR) is 68.3 cm³/mol. The number of hydrogen-bond donors (Lipinski definition) is 2. The van der Waals surface area contributed by atoms with Gasteiger partial charge in [-0.3, -0.25) is 4.79 Å². The van der Waals surface area contributed by atoms with E-state index in [1.807, 2.05) is 13.8 Å². The summed E-state index contributed by atoms with van der Waals surface area (Å²) in [5, 5.41) is 11.7. The molecule has 0 aliphatic carbocycles. The van der Waals surface area contributed by atoms with Crippen LogP contribution in [-0.2, 0) is 9.53 Å². The topological polar surface area (TPSA) is 88.2 Å². The van der Waals surface area contributed by atoms with Crippen molar-refractivity contribution in [2.24, 2.45) is 22.7 Å². The van der Waals surface area contributed by atoms with Crippen molar-refractivity contribution in [1.82, 2.24) is 4.90 Å². The SMILES string of the molecule is CC(C)C(C(=O)N(C)CC1CCCO1)C(N)=NO. The summed E-state index contributed by atoms with van der Waals surface area (Å²) in [6.07, 6.45) is 2.13. The molecule has 2 atom stereocenters. The Balaban J connectivity index is 2.64. The van der Waals surface area contributed by atoms with Crippen molar-refractivity contribution < 1.29 is 14.7 Å². The van der Waals surface area contributed by atoms with Crippen LogP contribution in [0.5, 0.6) is 0 Å². The third-order valence-corrected chi connectivity index (χ3v) is 3.24. The van der Waals surface area contributed by atoms with E-state index in [2.05, 4.69) is 5.16 Å². The molecule has 1 saturated heterocycles. The molecule has 0 bridgehead atoms. The third kappa shape index (κ3) is 3.60. The lowest BCUT2D eigenvalue weighted by atomic mass is 9.93. The molecular weight excluding hydrogens is 234 g/mol. The molecule has 104 valence electrons. The van der Waals surface area contributed by atoms with E-state index in [1.54, 1.807) is 11.9 Å². The molecule has 2 unspecified atom stereocenters. The Morgan fingerprint density at radius 1 is 1.61 bits per heavy atom. The van der Waals surface area contributed by atoms with E-state index in [0.29, 0.717) is 6.54 Å². The number of carbonyl (C=O) groups is 1. The summed E-state index contributed by atoms with van der Waals surface area (Å²) >= 11 is 0. The average molecular weight is 257 g/mol. The monoisotopic (exact) mass is 257 g/mol. The van der Waals surface area contributed by atoms with Crippen LogP contribution in [0.2, 0.25) is 0 Å². The highest BCUT2D eigenvalue weighted by Gasteiger charge is 2.30. The van der Waals surface area contributed by atoms with Crippen molar-refractivity contribution in [1.29, 1.82) is 0 Å². The van der Waals surface area contributed by atoms with Gasteiger partial charge in [0.05, 0.1) is 6.10 Å². The van der Waals surface area contributed by atoms with Gasteiger partial charge < -0.3 is 20.6 Å². The number of amides is 1. The van der Waals surface area contributed by atoms with Gasteiger partial charge in [0.15, 0.2) is 5.84 Å². The number of rotatable bonds is 5. The third-order valence-electron chi connectivity index (χ3n) is 3.24. The van der Waals surface area contributed by atoms with Crippen molar-refractivity contribution >= 4 is 11.7 Å². The molecule has 0 aromatic rings. The quantitative estimate of drug-likeness (QED) is 0.327. The summed E-state index contributed by atoms with van der Waals surface area (Å²) in [5.74, 6) is -0.758. The molecule has 6 nitrogen and oxygen atoms in total. The predicted octanol–water partition coefficient (Wildman–Crippen LogP) is 0.642. The zero-order valence-electron chi connectivity index (χ0n) is 11.3. The van der Waals surface area contributed by atoms with E-state index in [-0.39, 0.29) is 23.8 Å². The van der Waals surface area contributed by atoms with Gasteiger partial charge in [-0.2, -0.15) is 0 Å². The van der Waals surface area contributed by atoms with Gasteiger partial charge in [0, 0.05) is 20.2 Å². The van der Waals surface area contributed by atoms with Crippen LogP contribution < -0.4 is 5.73 Å². The highest BCUT2D eigenvalue weighted by molar-refractivity contribution is 6.02. The summed E-state index contributed by atoms with van der Waals surface area (Å²) in [4.78, 5) is 13.9. The summed E-state index contributed by atoms with van der Waals surface area (Å²) < 4.78 is 5.50. The largest absolute Gasteiger partial charge is 0.409 e. The smallest absolute Gasteiger partial charge is 0.233 e. The minimum absolute atomic E-state index is 0.0136. The first-order chi connectivity index (χ1) is 8.47. The lowest BCUT2D eigenvalue weighted by Crippen LogP contribution is -2.45. The lowest BCUT2D eigenvalue weighted by molar-refractivity contribution is -0.134. The number of nitrogens with two attached hydrogens (primary N) is 1. The van der Waals surface area contributed by atoms with E-state index in [9.17, 15) is 4.79 Å². The summed E-state index contributed by atoms with van der Waals surface area (Å²) in [5.41, 5.74) is 5.59. The van der Waals surface area contributed by atoms with Crippen LogP contribution in [0.4, 0.5) is 0 Å². The summed E-state index contributed by atoms with van der Waals surface area (Å²) in [7, 11) is 1.73. The second kappa shape index (κ2) is 6.58. The molecule has 0 aromatic carbocycles. The number of amidine groups is 1. The zero-order chi connectivity index (χ0) is 13.7. The molecule has 1 rings (SSSR count). The van der Waals surface area contributed by atoms with Gasteiger partial charge in [0.2, 0.25) is 5.91 Å². The Bertz CT molecular complexity index is 312. The van der Waals surface area contributed by atoms with E-state index < -0.39 is 5.92 Å². The highest BCUT2D eigenvalue weighted by atomic mass is 16.5. The van der Waals surface area contributed by atoms with Gasteiger partial charge in [0.25, 0.3) is 0 Å². The normalized spacial score (nSPS) is 22.2. The molecule has 1 heterocycles. The summed E-state index contributed by atoms with van der Waals surface area (Å²) in [6, 6.07) is 0. The second-order valence-electron chi connectivity index (χ2n) is 5.10. The molecule has 6 heteroatoms. The Hall–Kier alpha value is -1.30. The standard InChI is InChI=1S/C12H23N3O3/c1-8(2)10(11(13)14-17)12(16)15(3)7-9-5-4-6-18-9/h8-10,17H,4-7H2,1-3H3,(H2,13,14). The first-order valence-corrected chi connectivity index (χ1v) is 6.31. The van der Waals surface area contributed by atoms with E-state index >= 15 is 0 Å².